The van der Waals surface area contributed by atoms with Crippen LogP contribution in [0.25, 0.3) is 0 Å². The summed E-state index contributed by atoms with van der Waals surface area (Å²) in [6.07, 6.45) is 7.04. The van der Waals surface area contributed by atoms with Crippen LogP contribution in [-0.4, -0.2) is 6.54 Å². The highest BCUT2D eigenvalue weighted by atomic mass is 35.5. The number of furan rings is 1. The molecule has 2 bridgehead atoms. The van der Waals surface area contributed by atoms with Crippen molar-refractivity contribution in [3.05, 3.63) is 23.1 Å². The molecular formula is C15H22ClNO. The van der Waals surface area contributed by atoms with E-state index >= 15 is 0 Å². The van der Waals surface area contributed by atoms with Crippen molar-refractivity contribution in [3.63, 3.8) is 0 Å². The number of hydrogen-bond donors (Lipinski definition) is 1. The van der Waals surface area contributed by atoms with Crippen molar-refractivity contribution in [2.45, 2.75) is 45.1 Å². The zero-order chi connectivity index (χ0) is 12.5. The standard InChI is InChI=1S/C15H22ClNO/c1-2-17-13(14-5-6-15(16)18-14)9-12-8-10-3-4-11(12)7-10/h5-6,10-13,17H,2-4,7-9H2,1H3. The summed E-state index contributed by atoms with van der Waals surface area (Å²) in [7, 11) is 0. The van der Waals surface area contributed by atoms with E-state index < -0.39 is 0 Å². The molecule has 0 saturated heterocycles. The lowest BCUT2D eigenvalue weighted by Crippen LogP contribution is -2.25. The first-order valence-electron chi connectivity index (χ1n) is 7.25. The van der Waals surface area contributed by atoms with Gasteiger partial charge < -0.3 is 9.73 Å². The summed E-state index contributed by atoms with van der Waals surface area (Å²) < 4.78 is 5.59. The fraction of sp³-hybridized carbons (Fsp3) is 0.733. The zero-order valence-electron chi connectivity index (χ0n) is 11.0. The van der Waals surface area contributed by atoms with Gasteiger partial charge in [-0.15, -0.1) is 0 Å². The van der Waals surface area contributed by atoms with Gasteiger partial charge in [0, 0.05) is 0 Å². The van der Waals surface area contributed by atoms with Gasteiger partial charge in [0.1, 0.15) is 5.76 Å². The van der Waals surface area contributed by atoms with Gasteiger partial charge in [-0.2, -0.15) is 0 Å². The van der Waals surface area contributed by atoms with Crippen LogP contribution in [0.4, 0.5) is 0 Å². The summed E-state index contributed by atoms with van der Waals surface area (Å²) in [6, 6.07) is 4.21. The van der Waals surface area contributed by atoms with Gasteiger partial charge in [-0.3, -0.25) is 0 Å². The molecule has 18 heavy (non-hydrogen) atoms. The molecule has 1 aromatic heterocycles. The maximum Gasteiger partial charge on any atom is 0.193 e. The molecule has 0 aromatic carbocycles. The van der Waals surface area contributed by atoms with Gasteiger partial charge in [-0.1, -0.05) is 13.3 Å². The topological polar surface area (TPSA) is 25.2 Å². The molecule has 0 spiro atoms. The van der Waals surface area contributed by atoms with Crippen molar-refractivity contribution < 1.29 is 4.42 Å². The minimum Gasteiger partial charge on any atom is -0.448 e. The van der Waals surface area contributed by atoms with Crippen molar-refractivity contribution in [3.8, 4) is 0 Å². The van der Waals surface area contributed by atoms with Gasteiger partial charge in [0.25, 0.3) is 0 Å². The van der Waals surface area contributed by atoms with Gasteiger partial charge in [-0.25, -0.2) is 0 Å². The number of hydrogen-bond acceptors (Lipinski definition) is 2. The molecule has 3 rings (SSSR count). The number of nitrogens with one attached hydrogen (secondary N) is 1. The molecule has 2 aliphatic carbocycles. The van der Waals surface area contributed by atoms with Crippen LogP contribution in [0.15, 0.2) is 16.5 Å². The third kappa shape index (κ3) is 2.46. The Morgan fingerprint density at radius 3 is 2.83 bits per heavy atom. The number of rotatable bonds is 5. The summed E-state index contributed by atoms with van der Waals surface area (Å²) in [5.74, 6) is 3.88. The normalized spacial score (nSPS) is 32.0. The molecule has 2 saturated carbocycles. The highest BCUT2D eigenvalue weighted by Gasteiger charge is 2.40. The SMILES string of the molecule is CCNC(CC1CC2CCC1C2)c1ccc(Cl)o1. The fourth-order valence-corrected chi connectivity index (χ4v) is 4.18. The average molecular weight is 268 g/mol. The monoisotopic (exact) mass is 267 g/mol. The predicted molar refractivity (Wildman–Crippen MR) is 73.7 cm³/mol. The van der Waals surface area contributed by atoms with Crippen LogP contribution in [0.3, 0.4) is 0 Å². The van der Waals surface area contributed by atoms with Gasteiger partial charge >= 0.3 is 0 Å². The first-order chi connectivity index (χ1) is 8.76. The molecule has 0 aliphatic heterocycles. The molecule has 2 aliphatic rings. The highest BCUT2D eigenvalue weighted by Crippen LogP contribution is 2.51. The third-order valence-electron chi connectivity index (χ3n) is 4.81. The minimum absolute atomic E-state index is 0.340. The van der Waals surface area contributed by atoms with E-state index in [1.165, 1.54) is 32.1 Å². The van der Waals surface area contributed by atoms with Crippen LogP contribution >= 0.6 is 11.6 Å². The fourth-order valence-electron chi connectivity index (χ4n) is 4.03. The summed E-state index contributed by atoms with van der Waals surface area (Å²) in [6.45, 7) is 3.13. The second kappa shape index (κ2) is 5.26. The van der Waals surface area contributed by atoms with Crippen molar-refractivity contribution in [2.24, 2.45) is 17.8 Å². The Hall–Kier alpha value is -0.470. The van der Waals surface area contributed by atoms with Gasteiger partial charge in [0.05, 0.1) is 6.04 Å². The Morgan fingerprint density at radius 2 is 2.28 bits per heavy atom. The summed E-state index contributed by atoms with van der Waals surface area (Å²) in [5, 5.41) is 4.05. The van der Waals surface area contributed by atoms with E-state index in [-0.39, 0.29) is 0 Å². The van der Waals surface area contributed by atoms with E-state index in [9.17, 15) is 0 Å². The lowest BCUT2D eigenvalue weighted by atomic mass is 9.84. The van der Waals surface area contributed by atoms with E-state index in [4.69, 9.17) is 16.0 Å². The molecule has 1 N–H and O–H groups in total. The second-order valence-corrected chi connectivity index (χ2v) is 6.30. The van der Waals surface area contributed by atoms with E-state index in [0.717, 1.165) is 30.1 Å². The van der Waals surface area contributed by atoms with E-state index in [1.54, 1.807) is 0 Å². The molecular weight excluding hydrogens is 246 g/mol. The van der Waals surface area contributed by atoms with Crippen LogP contribution in [0.1, 0.15) is 50.8 Å². The summed E-state index contributed by atoms with van der Waals surface area (Å²) in [4.78, 5) is 0. The lowest BCUT2D eigenvalue weighted by molar-refractivity contribution is 0.264. The molecule has 2 fully saturated rings. The molecule has 4 atom stereocenters. The van der Waals surface area contributed by atoms with Gasteiger partial charge in [-0.05, 0) is 73.7 Å². The molecule has 0 amide bonds. The minimum atomic E-state index is 0.340. The third-order valence-corrected chi connectivity index (χ3v) is 5.01. The molecule has 100 valence electrons. The molecule has 0 radical (unpaired) electrons. The largest absolute Gasteiger partial charge is 0.448 e. The van der Waals surface area contributed by atoms with Crippen LogP contribution in [0.5, 0.6) is 0 Å². The maximum absolute atomic E-state index is 5.89. The second-order valence-electron chi connectivity index (χ2n) is 5.92. The van der Waals surface area contributed by atoms with Crippen LogP contribution in [-0.2, 0) is 0 Å². The quantitative estimate of drug-likeness (QED) is 0.855. The average Bonchev–Trinajstić information content (AvgIpc) is 3.04. The van der Waals surface area contributed by atoms with Crippen molar-refractivity contribution in [1.82, 2.24) is 5.32 Å². The van der Waals surface area contributed by atoms with Crippen LogP contribution in [0, 0.1) is 17.8 Å². The van der Waals surface area contributed by atoms with Crippen molar-refractivity contribution in [2.75, 3.05) is 6.54 Å². The summed E-state index contributed by atoms with van der Waals surface area (Å²) in [5.41, 5.74) is 0. The first kappa shape index (κ1) is 12.6. The van der Waals surface area contributed by atoms with E-state index in [0.29, 0.717) is 11.3 Å². The zero-order valence-corrected chi connectivity index (χ0v) is 11.7. The Labute approximate surface area is 114 Å². The van der Waals surface area contributed by atoms with Crippen LogP contribution < -0.4 is 5.32 Å². The smallest absolute Gasteiger partial charge is 0.193 e. The Kier molecular flexibility index (Phi) is 3.67. The molecule has 1 heterocycles. The summed E-state index contributed by atoms with van der Waals surface area (Å²) >= 11 is 5.89. The molecule has 4 unspecified atom stereocenters. The highest BCUT2D eigenvalue weighted by molar-refractivity contribution is 6.28. The van der Waals surface area contributed by atoms with Crippen molar-refractivity contribution in [1.29, 1.82) is 0 Å². The Bertz CT molecular complexity index is 403. The number of halogens is 1. The van der Waals surface area contributed by atoms with E-state index in [1.807, 2.05) is 12.1 Å². The molecule has 3 heteroatoms. The Balaban J connectivity index is 1.67. The van der Waals surface area contributed by atoms with Gasteiger partial charge in [0.15, 0.2) is 5.22 Å². The van der Waals surface area contributed by atoms with Crippen LogP contribution in [0.2, 0.25) is 5.22 Å². The number of fused-ring (bicyclic) bond motifs is 2. The van der Waals surface area contributed by atoms with Crippen molar-refractivity contribution >= 4 is 11.6 Å². The first-order valence-corrected chi connectivity index (χ1v) is 7.62. The molecule has 1 aromatic rings. The van der Waals surface area contributed by atoms with Gasteiger partial charge in [0.2, 0.25) is 0 Å². The predicted octanol–water partition coefficient (Wildman–Crippen LogP) is 4.41. The molecule has 2 nitrogen and oxygen atoms in total. The maximum atomic E-state index is 5.89. The Morgan fingerprint density at radius 1 is 1.39 bits per heavy atom. The van der Waals surface area contributed by atoms with E-state index in [2.05, 4.69) is 12.2 Å². The lowest BCUT2D eigenvalue weighted by Gasteiger charge is -2.26.